The van der Waals surface area contributed by atoms with E-state index in [9.17, 15) is 0 Å². The maximum atomic E-state index is 6.04. The van der Waals surface area contributed by atoms with Gasteiger partial charge in [0.05, 0.1) is 12.3 Å². The molecule has 0 bridgehead atoms. The van der Waals surface area contributed by atoms with Crippen molar-refractivity contribution in [2.45, 2.75) is 58.8 Å². The molecule has 1 aliphatic heterocycles. The molecule has 1 atom stereocenters. The first-order valence-electron chi connectivity index (χ1n) is 10.3. The second-order valence-corrected chi connectivity index (χ2v) is 7.80. The number of anilines is 1. The molecule has 1 saturated heterocycles. The van der Waals surface area contributed by atoms with E-state index >= 15 is 0 Å². The van der Waals surface area contributed by atoms with Gasteiger partial charge in [-0.2, -0.15) is 9.97 Å². The van der Waals surface area contributed by atoms with Crippen molar-refractivity contribution >= 4 is 5.82 Å². The maximum Gasteiger partial charge on any atom is 0.318 e. The summed E-state index contributed by atoms with van der Waals surface area (Å²) in [6.07, 6.45) is 7.71. The molecule has 0 radical (unpaired) electrons. The first kappa shape index (κ1) is 19.2. The van der Waals surface area contributed by atoms with Gasteiger partial charge < -0.3 is 15.0 Å². The van der Waals surface area contributed by atoms with Gasteiger partial charge in [-0.25, -0.2) is 0 Å². The lowest BCUT2D eigenvalue weighted by Crippen LogP contribution is -2.44. The monoisotopic (exact) mass is 358 g/mol. The fourth-order valence-electron chi connectivity index (χ4n) is 3.74. The number of unbranched alkanes of at least 4 members (excludes halogenated alkanes) is 1. The maximum absolute atomic E-state index is 6.04. The first-order valence-corrected chi connectivity index (χ1v) is 10.3. The molecule has 0 aromatic carbocycles. The topological polar surface area (TPSA) is 50.3 Å². The number of hydrogen-bond donors (Lipinski definition) is 1. The molecular formula is C21H34N4O. The molecule has 1 aliphatic carbocycles. The standard InChI is InChI=1S/C21H34N4O/c1-4-5-6-17(3)15-26-21-23-19-10-8-16(2)7-9-18(19)20(24-21)25-13-11-22-12-14-25/h17,22H,2,4-15H2,1,3H3/t17-/m0/s1. The van der Waals surface area contributed by atoms with Gasteiger partial charge in [0.15, 0.2) is 0 Å². The van der Waals surface area contributed by atoms with Crippen LogP contribution < -0.4 is 15.0 Å². The molecule has 1 N–H and O–H groups in total. The molecule has 1 aromatic heterocycles. The second kappa shape index (κ2) is 9.36. The summed E-state index contributed by atoms with van der Waals surface area (Å²) in [5.41, 5.74) is 3.81. The van der Waals surface area contributed by atoms with Crippen LogP contribution in [-0.2, 0) is 12.8 Å². The van der Waals surface area contributed by atoms with Gasteiger partial charge in [-0.15, -0.1) is 0 Å². The summed E-state index contributed by atoms with van der Waals surface area (Å²) < 4.78 is 6.04. The average Bonchev–Trinajstić information content (AvgIpc) is 2.86. The van der Waals surface area contributed by atoms with Gasteiger partial charge >= 0.3 is 6.01 Å². The van der Waals surface area contributed by atoms with E-state index < -0.39 is 0 Å². The highest BCUT2D eigenvalue weighted by Crippen LogP contribution is 2.30. The van der Waals surface area contributed by atoms with E-state index in [1.165, 1.54) is 36.1 Å². The van der Waals surface area contributed by atoms with Crippen LogP contribution in [-0.4, -0.2) is 42.8 Å². The van der Waals surface area contributed by atoms with Crippen molar-refractivity contribution in [2.75, 3.05) is 37.7 Å². The number of rotatable bonds is 7. The van der Waals surface area contributed by atoms with E-state index in [0.29, 0.717) is 18.5 Å². The van der Waals surface area contributed by atoms with Crippen LogP contribution in [0.5, 0.6) is 6.01 Å². The number of piperazine rings is 1. The van der Waals surface area contributed by atoms with Gasteiger partial charge in [-0.1, -0.05) is 38.8 Å². The Hall–Kier alpha value is -1.62. The first-order chi connectivity index (χ1) is 12.7. The molecule has 0 saturated carbocycles. The van der Waals surface area contributed by atoms with Gasteiger partial charge in [-0.05, 0) is 38.0 Å². The molecule has 0 unspecified atom stereocenters. The number of aromatic nitrogens is 2. The summed E-state index contributed by atoms with van der Waals surface area (Å²) in [7, 11) is 0. The minimum absolute atomic E-state index is 0.541. The highest BCUT2D eigenvalue weighted by atomic mass is 16.5. The lowest BCUT2D eigenvalue weighted by molar-refractivity contribution is 0.231. The smallest absolute Gasteiger partial charge is 0.318 e. The Bertz CT molecular complexity index is 610. The summed E-state index contributed by atoms with van der Waals surface area (Å²) in [5, 5.41) is 3.43. The summed E-state index contributed by atoms with van der Waals surface area (Å²) in [5.74, 6) is 1.64. The molecule has 2 aliphatic rings. The lowest BCUT2D eigenvalue weighted by Gasteiger charge is -2.30. The van der Waals surface area contributed by atoms with Gasteiger partial charge in [-0.3, -0.25) is 0 Å². The molecule has 0 spiro atoms. The summed E-state index contributed by atoms with van der Waals surface area (Å²) in [4.78, 5) is 12.1. The van der Waals surface area contributed by atoms with Crippen LogP contribution in [0.3, 0.4) is 0 Å². The van der Waals surface area contributed by atoms with Gasteiger partial charge in [0, 0.05) is 31.7 Å². The number of hydrogen-bond acceptors (Lipinski definition) is 5. The van der Waals surface area contributed by atoms with E-state index in [2.05, 4.69) is 30.6 Å². The third kappa shape index (κ3) is 4.97. The zero-order valence-electron chi connectivity index (χ0n) is 16.5. The van der Waals surface area contributed by atoms with E-state index in [1.54, 1.807) is 0 Å². The Morgan fingerprint density at radius 1 is 1.15 bits per heavy atom. The third-order valence-corrected chi connectivity index (χ3v) is 5.46. The van der Waals surface area contributed by atoms with E-state index in [-0.39, 0.29) is 0 Å². The Morgan fingerprint density at radius 2 is 1.92 bits per heavy atom. The number of aryl methyl sites for hydroxylation is 1. The minimum Gasteiger partial charge on any atom is -0.463 e. The molecular weight excluding hydrogens is 324 g/mol. The van der Waals surface area contributed by atoms with E-state index in [4.69, 9.17) is 14.7 Å². The summed E-state index contributed by atoms with van der Waals surface area (Å²) in [6, 6.07) is 0.563. The van der Waals surface area contributed by atoms with Crippen LogP contribution in [0.15, 0.2) is 12.2 Å². The number of nitrogens with zero attached hydrogens (tertiary/aromatic N) is 3. The molecule has 144 valence electrons. The van der Waals surface area contributed by atoms with Crippen molar-refractivity contribution in [2.24, 2.45) is 5.92 Å². The molecule has 5 heteroatoms. The molecule has 1 aromatic rings. The van der Waals surface area contributed by atoms with Crippen molar-refractivity contribution in [3.63, 3.8) is 0 Å². The second-order valence-electron chi connectivity index (χ2n) is 7.80. The molecule has 5 nitrogen and oxygen atoms in total. The zero-order chi connectivity index (χ0) is 18.4. The van der Waals surface area contributed by atoms with Crippen LogP contribution in [0, 0.1) is 5.92 Å². The molecule has 3 rings (SSSR count). The molecule has 26 heavy (non-hydrogen) atoms. The van der Waals surface area contributed by atoms with Crippen LogP contribution in [0.1, 0.15) is 57.2 Å². The molecule has 0 amide bonds. The number of fused-ring (bicyclic) bond motifs is 1. The number of nitrogens with one attached hydrogen (secondary N) is 1. The van der Waals surface area contributed by atoms with Crippen LogP contribution in [0.2, 0.25) is 0 Å². The number of ether oxygens (including phenoxy) is 1. The predicted molar refractivity (Wildman–Crippen MR) is 107 cm³/mol. The highest BCUT2D eigenvalue weighted by molar-refractivity contribution is 5.51. The van der Waals surface area contributed by atoms with Crippen LogP contribution in [0.25, 0.3) is 0 Å². The lowest BCUT2D eigenvalue weighted by atomic mass is 10.1. The average molecular weight is 359 g/mol. The van der Waals surface area contributed by atoms with Crippen LogP contribution >= 0.6 is 0 Å². The summed E-state index contributed by atoms with van der Waals surface area (Å²) >= 11 is 0. The third-order valence-electron chi connectivity index (χ3n) is 5.46. The highest BCUT2D eigenvalue weighted by Gasteiger charge is 2.23. The quantitative estimate of drug-likeness (QED) is 0.597. The Labute approximate surface area is 158 Å². The van der Waals surface area contributed by atoms with Crippen molar-refractivity contribution in [1.82, 2.24) is 15.3 Å². The predicted octanol–water partition coefficient (Wildman–Crippen LogP) is 3.53. The fraction of sp³-hybridized carbons (Fsp3) is 0.714. The van der Waals surface area contributed by atoms with Crippen molar-refractivity contribution in [3.8, 4) is 6.01 Å². The molecule has 2 heterocycles. The largest absolute Gasteiger partial charge is 0.463 e. The Kier molecular flexibility index (Phi) is 6.89. The number of allylic oxidation sites excluding steroid dienone is 1. The zero-order valence-corrected chi connectivity index (χ0v) is 16.5. The van der Waals surface area contributed by atoms with Gasteiger partial charge in [0.2, 0.25) is 0 Å². The van der Waals surface area contributed by atoms with Crippen molar-refractivity contribution in [1.29, 1.82) is 0 Å². The fourth-order valence-corrected chi connectivity index (χ4v) is 3.74. The van der Waals surface area contributed by atoms with Crippen molar-refractivity contribution in [3.05, 3.63) is 23.4 Å². The van der Waals surface area contributed by atoms with Gasteiger partial charge in [0.25, 0.3) is 0 Å². The summed E-state index contributed by atoms with van der Waals surface area (Å²) in [6.45, 7) is 13.4. The SMILES string of the molecule is C=C1CCc2nc(OC[C@@H](C)CCCC)nc(N3CCNCC3)c2CC1. The molecule has 1 fully saturated rings. The van der Waals surface area contributed by atoms with Crippen LogP contribution in [0.4, 0.5) is 5.82 Å². The normalized spacial score (nSPS) is 19.0. The Balaban J connectivity index is 1.80. The Morgan fingerprint density at radius 3 is 2.69 bits per heavy atom. The van der Waals surface area contributed by atoms with Gasteiger partial charge in [0.1, 0.15) is 5.82 Å². The van der Waals surface area contributed by atoms with E-state index in [1.807, 2.05) is 0 Å². The van der Waals surface area contributed by atoms with E-state index in [0.717, 1.165) is 57.7 Å². The van der Waals surface area contributed by atoms with Crippen molar-refractivity contribution < 1.29 is 4.74 Å². The minimum atomic E-state index is 0.541.